The third kappa shape index (κ3) is 8.05. The van der Waals surface area contributed by atoms with Crippen molar-refractivity contribution in [1.82, 2.24) is 0 Å². The standard InChI is InChI=1S/C14H22N2O2.HI/c1-15-14(17)18-13-9-7-12(8-10-13)6-5-11-16(2,3)4;/h7-10H,5-6,11H2,1-4H3;1H. The largest absolute Gasteiger partial charge is 0.567 e. The summed E-state index contributed by atoms with van der Waals surface area (Å²) in [5.41, 5.74) is 1.26. The molecule has 0 saturated carbocycles. The first-order chi connectivity index (χ1) is 8.40. The molecule has 19 heavy (non-hydrogen) atoms. The van der Waals surface area contributed by atoms with Crippen LogP contribution in [0.2, 0.25) is 0 Å². The molecule has 5 heteroatoms. The molecule has 0 aliphatic rings. The minimum Gasteiger partial charge on any atom is -0.567 e. The zero-order valence-electron chi connectivity index (χ0n) is 12.0. The first kappa shape index (κ1) is 18.2. The van der Waals surface area contributed by atoms with Crippen LogP contribution < -0.4 is 9.84 Å². The Balaban J connectivity index is 0.00000324. The summed E-state index contributed by atoms with van der Waals surface area (Å²) < 4.78 is 5.95. The highest BCUT2D eigenvalue weighted by Crippen LogP contribution is 2.13. The lowest BCUT2D eigenvalue weighted by Crippen LogP contribution is -2.35. The van der Waals surface area contributed by atoms with E-state index in [9.17, 15) is 5.11 Å². The van der Waals surface area contributed by atoms with E-state index < -0.39 is 6.08 Å². The number of nitrogens with zero attached hydrogens (tertiary/aromatic N) is 2. The third-order valence-electron chi connectivity index (χ3n) is 2.61. The summed E-state index contributed by atoms with van der Waals surface area (Å²) in [6, 6.07) is 7.61. The predicted octanol–water partition coefficient (Wildman–Crippen LogP) is 1.67. The van der Waals surface area contributed by atoms with Crippen molar-refractivity contribution in [1.29, 1.82) is 0 Å². The van der Waals surface area contributed by atoms with Crippen molar-refractivity contribution >= 4 is 30.1 Å². The molecule has 4 nitrogen and oxygen atoms in total. The predicted molar refractivity (Wildman–Crippen MR) is 87.1 cm³/mol. The monoisotopic (exact) mass is 378 g/mol. The van der Waals surface area contributed by atoms with Gasteiger partial charge in [-0.3, -0.25) is 4.99 Å². The molecule has 0 saturated heterocycles. The SMILES string of the molecule is CN=C([O-])Oc1ccc(CCC[N+](C)(C)C)cc1.I. The van der Waals surface area contributed by atoms with E-state index in [2.05, 4.69) is 26.1 Å². The molecule has 0 aromatic heterocycles. The fourth-order valence-electron chi connectivity index (χ4n) is 1.63. The minimum absolute atomic E-state index is 0. The Bertz CT molecular complexity index is 397. The molecule has 0 aliphatic heterocycles. The number of quaternary nitrogens is 1. The van der Waals surface area contributed by atoms with Crippen LogP contribution in [0.25, 0.3) is 0 Å². The third-order valence-corrected chi connectivity index (χ3v) is 2.61. The summed E-state index contributed by atoms with van der Waals surface area (Å²) in [4.78, 5) is 3.42. The van der Waals surface area contributed by atoms with E-state index in [1.54, 1.807) is 0 Å². The average molecular weight is 378 g/mol. The molecule has 0 heterocycles. The van der Waals surface area contributed by atoms with Crippen molar-refractivity contribution in [2.45, 2.75) is 12.8 Å². The van der Waals surface area contributed by atoms with Gasteiger partial charge in [0.05, 0.1) is 27.7 Å². The topological polar surface area (TPSA) is 44.7 Å². The summed E-state index contributed by atoms with van der Waals surface area (Å²) >= 11 is 0. The lowest BCUT2D eigenvalue weighted by atomic mass is 10.1. The van der Waals surface area contributed by atoms with Gasteiger partial charge in [0.2, 0.25) is 0 Å². The van der Waals surface area contributed by atoms with E-state index in [0.717, 1.165) is 23.9 Å². The van der Waals surface area contributed by atoms with Crippen molar-refractivity contribution in [3.05, 3.63) is 29.8 Å². The normalized spacial score (nSPS) is 11.9. The number of rotatable bonds is 5. The van der Waals surface area contributed by atoms with Crippen LogP contribution in [-0.4, -0.2) is 45.3 Å². The van der Waals surface area contributed by atoms with E-state index in [-0.39, 0.29) is 24.0 Å². The average Bonchev–Trinajstić information content (AvgIpc) is 2.29. The van der Waals surface area contributed by atoms with Crippen LogP contribution in [0, 0.1) is 0 Å². The van der Waals surface area contributed by atoms with Crippen LogP contribution >= 0.6 is 24.0 Å². The van der Waals surface area contributed by atoms with Gasteiger partial charge in [0.1, 0.15) is 6.08 Å². The van der Waals surface area contributed by atoms with Crippen molar-refractivity contribution in [3.8, 4) is 5.75 Å². The molecular weight excluding hydrogens is 355 g/mol. The molecule has 0 unspecified atom stereocenters. The second-order valence-electron chi connectivity index (χ2n) is 5.35. The summed E-state index contributed by atoms with van der Waals surface area (Å²) in [7, 11) is 7.99. The van der Waals surface area contributed by atoms with Gasteiger partial charge in [0.15, 0.2) is 0 Å². The summed E-state index contributed by atoms with van der Waals surface area (Å²) in [5, 5.41) is 11.0. The van der Waals surface area contributed by atoms with Crippen LogP contribution in [0.5, 0.6) is 5.75 Å². The second-order valence-corrected chi connectivity index (χ2v) is 5.35. The van der Waals surface area contributed by atoms with Gasteiger partial charge in [-0.15, -0.1) is 24.0 Å². The van der Waals surface area contributed by atoms with Crippen LogP contribution in [0.3, 0.4) is 0 Å². The Labute approximate surface area is 132 Å². The maximum Gasteiger partial charge on any atom is 0.149 e. The highest BCUT2D eigenvalue weighted by Gasteiger charge is 2.05. The van der Waals surface area contributed by atoms with Gasteiger partial charge in [0, 0.05) is 19.2 Å². The molecule has 0 N–H and O–H groups in total. The van der Waals surface area contributed by atoms with Crippen molar-refractivity contribution in [2.24, 2.45) is 4.99 Å². The Morgan fingerprint density at radius 2 is 1.79 bits per heavy atom. The van der Waals surface area contributed by atoms with Gasteiger partial charge in [0.25, 0.3) is 0 Å². The number of aryl methyl sites for hydroxylation is 1. The first-order valence-electron chi connectivity index (χ1n) is 6.12. The first-order valence-corrected chi connectivity index (χ1v) is 6.12. The van der Waals surface area contributed by atoms with E-state index in [0.29, 0.717) is 5.75 Å². The van der Waals surface area contributed by atoms with Gasteiger partial charge in [-0.25, -0.2) is 0 Å². The molecule has 0 atom stereocenters. The zero-order valence-corrected chi connectivity index (χ0v) is 14.4. The Morgan fingerprint density at radius 1 is 1.21 bits per heavy atom. The quantitative estimate of drug-likeness (QED) is 0.339. The lowest BCUT2D eigenvalue weighted by Gasteiger charge is -2.23. The van der Waals surface area contributed by atoms with Crippen molar-refractivity contribution in [3.63, 3.8) is 0 Å². The Morgan fingerprint density at radius 3 is 2.26 bits per heavy atom. The molecule has 0 spiro atoms. The fraction of sp³-hybridized carbons (Fsp3) is 0.500. The molecule has 108 valence electrons. The van der Waals surface area contributed by atoms with Crippen LogP contribution in [0.1, 0.15) is 12.0 Å². The van der Waals surface area contributed by atoms with E-state index >= 15 is 0 Å². The van der Waals surface area contributed by atoms with E-state index in [1.807, 2.05) is 24.3 Å². The van der Waals surface area contributed by atoms with Crippen molar-refractivity contribution in [2.75, 3.05) is 34.7 Å². The molecule has 0 radical (unpaired) electrons. The minimum atomic E-state index is -0.562. The molecule has 1 rings (SSSR count). The van der Waals surface area contributed by atoms with Gasteiger partial charge in [-0.1, -0.05) is 12.1 Å². The van der Waals surface area contributed by atoms with Crippen LogP contribution in [-0.2, 0) is 6.42 Å². The zero-order chi connectivity index (χ0) is 13.6. The molecule has 0 fully saturated rings. The number of aliphatic imine (C=N–C) groups is 1. The molecule has 0 aliphatic carbocycles. The van der Waals surface area contributed by atoms with Gasteiger partial charge in [-0.05, 0) is 24.1 Å². The molecule has 0 amide bonds. The van der Waals surface area contributed by atoms with Crippen LogP contribution in [0.15, 0.2) is 29.3 Å². The van der Waals surface area contributed by atoms with E-state index in [4.69, 9.17) is 4.74 Å². The Kier molecular flexibility index (Phi) is 8.01. The van der Waals surface area contributed by atoms with Gasteiger partial charge >= 0.3 is 0 Å². The highest BCUT2D eigenvalue weighted by molar-refractivity contribution is 14.0. The molecule has 1 aromatic carbocycles. The number of halogens is 1. The fourth-order valence-corrected chi connectivity index (χ4v) is 1.63. The van der Waals surface area contributed by atoms with E-state index in [1.165, 1.54) is 12.6 Å². The molecule has 0 bridgehead atoms. The molecular formula is C14H23IN2O2. The van der Waals surface area contributed by atoms with Gasteiger partial charge in [-0.2, -0.15) is 0 Å². The summed E-state index contributed by atoms with van der Waals surface area (Å²) in [6.45, 7) is 1.14. The maximum atomic E-state index is 11.0. The lowest BCUT2D eigenvalue weighted by molar-refractivity contribution is -0.870. The van der Waals surface area contributed by atoms with Crippen molar-refractivity contribution < 1.29 is 14.3 Å². The Hall–Kier alpha value is -0.820. The smallest absolute Gasteiger partial charge is 0.149 e. The second kappa shape index (κ2) is 8.37. The number of hydrogen-bond donors (Lipinski definition) is 0. The maximum absolute atomic E-state index is 11.0. The summed E-state index contributed by atoms with van der Waals surface area (Å²) in [5.74, 6) is 0.543. The molecule has 1 aromatic rings. The number of ether oxygens (including phenoxy) is 1. The number of hydrogen-bond acceptors (Lipinski definition) is 3. The summed E-state index contributed by atoms with van der Waals surface area (Å²) in [6.07, 6.45) is 1.63. The number of benzene rings is 1. The highest BCUT2D eigenvalue weighted by atomic mass is 127. The van der Waals surface area contributed by atoms with Crippen LogP contribution in [0.4, 0.5) is 0 Å². The van der Waals surface area contributed by atoms with Gasteiger partial charge < -0.3 is 14.3 Å².